The molecule has 1 aliphatic carbocycles. The van der Waals surface area contributed by atoms with Gasteiger partial charge in [0.1, 0.15) is 0 Å². The maximum atomic E-state index is 12.3. The fourth-order valence-electron chi connectivity index (χ4n) is 2.35. The van der Waals surface area contributed by atoms with Gasteiger partial charge in [-0.05, 0) is 43.9 Å². The predicted molar refractivity (Wildman–Crippen MR) is 82.4 cm³/mol. The van der Waals surface area contributed by atoms with Crippen molar-refractivity contribution in [3.05, 3.63) is 41.6 Å². The highest BCUT2D eigenvalue weighted by molar-refractivity contribution is 8.00. The number of carbonyl (C=O) groups is 1. The molecule has 3 nitrogen and oxygen atoms in total. The first-order chi connectivity index (χ1) is 9.74. The summed E-state index contributed by atoms with van der Waals surface area (Å²) in [6, 6.07) is 7.69. The molecule has 1 N–H and O–H groups in total. The Morgan fingerprint density at radius 2 is 2.10 bits per heavy atom. The third-order valence-electron chi connectivity index (χ3n) is 3.45. The fraction of sp³-hybridized carbons (Fsp3) is 0.438. The van der Waals surface area contributed by atoms with Crippen LogP contribution in [0.3, 0.4) is 0 Å². The van der Waals surface area contributed by atoms with Crippen LogP contribution in [0.2, 0.25) is 0 Å². The molecule has 0 bridgehead atoms. The van der Waals surface area contributed by atoms with Gasteiger partial charge in [0.2, 0.25) is 5.91 Å². The summed E-state index contributed by atoms with van der Waals surface area (Å²) in [5, 5.41) is 9.00. The molecule has 0 aliphatic heterocycles. The number of thioether (sulfide) groups is 1. The van der Waals surface area contributed by atoms with E-state index in [1.54, 1.807) is 11.8 Å². The molecule has 0 saturated heterocycles. The van der Waals surface area contributed by atoms with E-state index in [1.807, 2.05) is 36.1 Å². The van der Waals surface area contributed by atoms with Crippen molar-refractivity contribution in [2.75, 3.05) is 12.3 Å². The first-order valence-corrected chi connectivity index (χ1v) is 8.05. The third-order valence-corrected chi connectivity index (χ3v) is 4.45. The van der Waals surface area contributed by atoms with Crippen molar-refractivity contribution < 1.29 is 9.90 Å². The Morgan fingerprint density at radius 3 is 2.65 bits per heavy atom. The van der Waals surface area contributed by atoms with Gasteiger partial charge in [-0.1, -0.05) is 18.2 Å². The van der Waals surface area contributed by atoms with Crippen LogP contribution in [0.4, 0.5) is 0 Å². The standard InChI is InChI=1S/C16H21NO2S/c1-2-17(14-5-3-4-6-14)16(19)12-20-15-9-7-13(11-18)8-10-15/h5,7-10,18H,2-4,6,11-12H2,1H3. The number of hydrogen-bond donors (Lipinski definition) is 1. The highest BCUT2D eigenvalue weighted by atomic mass is 32.2. The maximum Gasteiger partial charge on any atom is 0.237 e. The zero-order chi connectivity index (χ0) is 14.4. The molecule has 0 spiro atoms. The van der Waals surface area contributed by atoms with Crippen molar-refractivity contribution in [3.8, 4) is 0 Å². The second-order valence-electron chi connectivity index (χ2n) is 4.82. The van der Waals surface area contributed by atoms with Crippen LogP contribution in [-0.2, 0) is 11.4 Å². The van der Waals surface area contributed by atoms with Gasteiger partial charge < -0.3 is 10.0 Å². The van der Waals surface area contributed by atoms with Crippen LogP contribution in [0.25, 0.3) is 0 Å². The van der Waals surface area contributed by atoms with Crippen molar-refractivity contribution in [2.45, 2.75) is 37.7 Å². The summed E-state index contributed by atoms with van der Waals surface area (Å²) >= 11 is 1.55. The largest absolute Gasteiger partial charge is 0.392 e. The highest BCUT2D eigenvalue weighted by Crippen LogP contribution is 2.24. The lowest BCUT2D eigenvalue weighted by atomic mass is 10.2. The van der Waals surface area contributed by atoms with Crippen LogP contribution in [-0.4, -0.2) is 28.2 Å². The van der Waals surface area contributed by atoms with E-state index in [1.165, 1.54) is 5.70 Å². The Balaban J connectivity index is 1.89. The van der Waals surface area contributed by atoms with Gasteiger partial charge in [-0.25, -0.2) is 0 Å². The molecule has 0 fully saturated rings. The molecule has 1 aromatic rings. The van der Waals surface area contributed by atoms with Crippen LogP contribution in [0, 0.1) is 0 Å². The SMILES string of the molecule is CCN(C(=O)CSc1ccc(CO)cc1)C1=CCCC1. The summed E-state index contributed by atoms with van der Waals surface area (Å²) < 4.78 is 0. The summed E-state index contributed by atoms with van der Waals surface area (Å²) in [7, 11) is 0. The van der Waals surface area contributed by atoms with Gasteiger partial charge in [0.25, 0.3) is 0 Å². The molecule has 0 atom stereocenters. The summed E-state index contributed by atoms with van der Waals surface area (Å²) in [6.07, 6.45) is 5.46. The number of benzene rings is 1. The Bertz CT molecular complexity index is 482. The molecule has 0 saturated carbocycles. The predicted octanol–water partition coefficient (Wildman–Crippen LogP) is 3.19. The quantitative estimate of drug-likeness (QED) is 0.818. The average molecular weight is 291 g/mol. The number of allylic oxidation sites excluding steroid dienone is 2. The van der Waals surface area contributed by atoms with Crippen LogP contribution in [0.1, 0.15) is 31.7 Å². The topological polar surface area (TPSA) is 40.5 Å². The molecule has 108 valence electrons. The van der Waals surface area contributed by atoms with Gasteiger partial charge in [0.05, 0.1) is 12.4 Å². The van der Waals surface area contributed by atoms with E-state index < -0.39 is 0 Å². The van der Waals surface area contributed by atoms with Crippen molar-refractivity contribution in [1.82, 2.24) is 4.90 Å². The molecule has 1 amide bonds. The van der Waals surface area contributed by atoms with E-state index in [-0.39, 0.29) is 12.5 Å². The van der Waals surface area contributed by atoms with Crippen LogP contribution in [0.15, 0.2) is 40.9 Å². The first kappa shape index (κ1) is 15.1. The average Bonchev–Trinajstić information content (AvgIpc) is 3.00. The zero-order valence-corrected chi connectivity index (χ0v) is 12.7. The molecule has 0 aromatic heterocycles. The number of rotatable bonds is 6. The van der Waals surface area contributed by atoms with Crippen LogP contribution >= 0.6 is 11.8 Å². The van der Waals surface area contributed by atoms with E-state index >= 15 is 0 Å². The molecular formula is C16H21NO2S. The summed E-state index contributed by atoms with van der Waals surface area (Å²) in [5.41, 5.74) is 2.08. The summed E-state index contributed by atoms with van der Waals surface area (Å²) in [4.78, 5) is 15.2. The van der Waals surface area contributed by atoms with E-state index in [9.17, 15) is 4.79 Å². The van der Waals surface area contributed by atoms with Crippen molar-refractivity contribution in [3.63, 3.8) is 0 Å². The highest BCUT2D eigenvalue weighted by Gasteiger charge is 2.18. The van der Waals surface area contributed by atoms with E-state index in [4.69, 9.17) is 5.11 Å². The lowest BCUT2D eigenvalue weighted by Crippen LogP contribution is -2.31. The minimum Gasteiger partial charge on any atom is -0.392 e. The number of nitrogens with zero attached hydrogens (tertiary/aromatic N) is 1. The van der Waals surface area contributed by atoms with Gasteiger partial charge in [-0.15, -0.1) is 11.8 Å². The van der Waals surface area contributed by atoms with Gasteiger partial charge in [0.15, 0.2) is 0 Å². The minimum absolute atomic E-state index is 0.0572. The second kappa shape index (κ2) is 7.50. The normalized spacial score (nSPS) is 14.2. The third kappa shape index (κ3) is 3.87. The second-order valence-corrected chi connectivity index (χ2v) is 5.87. The maximum absolute atomic E-state index is 12.3. The lowest BCUT2D eigenvalue weighted by Gasteiger charge is -2.22. The first-order valence-electron chi connectivity index (χ1n) is 7.06. The molecule has 0 radical (unpaired) electrons. The number of hydrogen-bond acceptors (Lipinski definition) is 3. The van der Waals surface area contributed by atoms with Gasteiger partial charge in [0, 0.05) is 17.1 Å². The Morgan fingerprint density at radius 1 is 1.35 bits per heavy atom. The minimum atomic E-state index is 0.0572. The summed E-state index contributed by atoms with van der Waals surface area (Å²) in [5.74, 6) is 0.640. The molecule has 0 unspecified atom stereocenters. The van der Waals surface area contributed by atoms with E-state index in [0.717, 1.165) is 36.3 Å². The van der Waals surface area contributed by atoms with E-state index in [2.05, 4.69) is 6.08 Å². The molecule has 0 heterocycles. The van der Waals surface area contributed by atoms with Crippen molar-refractivity contribution in [1.29, 1.82) is 0 Å². The Labute approximate surface area is 124 Å². The zero-order valence-electron chi connectivity index (χ0n) is 11.8. The van der Waals surface area contributed by atoms with Gasteiger partial charge >= 0.3 is 0 Å². The molecular weight excluding hydrogens is 270 g/mol. The van der Waals surface area contributed by atoms with Gasteiger partial charge in [-0.2, -0.15) is 0 Å². The molecule has 4 heteroatoms. The number of carbonyl (C=O) groups excluding carboxylic acids is 1. The molecule has 2 rings (SSSR count). The Hall–Kier alpha value is -1.26. The van der Waals surface area contributed by atoms with Gasteiger partial charge in [-0.3, -0.25) is 4.79 Å². The molecule has 20 heavy (non-hydrogen) atoms. The monoisotopic (exact) mass is 291 g/mol. The number of amides is 1. The molecule has 1 aliphatic rings. The number of aliphatic hydroxyl groups excluding tert-OH is 1. The van der Waals surface area contributed by atoms with Crippen LogP contribution in [0.5, 0.6) is 0 Å². The van der Waals surface area contributed by atoms with Crippen molar-refractivity contribution >= 4 is 17.7 Å². The van der Waals surface area contributed by atoms with E-state index in [0.29, 0.717) is 5.75 Å². The Kier molecular flexibility index (Phi) is 5.68. The lowest BCUT2D eigenvalue weighted by molar-refractivity contribution is -0.126. The fourth-order valence-corrected chi connectivity index (χ4v) is 3.13. The molecule has 1 aromatic carbocycles. The van der Waals surface area contributed by atoms with Crippen LogP contribution < -0.4 is 0 Å². The van der Waals surface area contributed by atoms with Crippen molar-refractivity contribution in [2.24, 2.45) is 0 Å². The number of aliphatic hydroxyl groups is 1. The smallest absolute Gasteiger partial charge is 0.237 e. The summed E-state index contributed by atoms with van der Waals surface area (Å²) in [6.45, 7) is 2.83.